The summed E-state index contributed by atoms with van der Waals surface area (Å²) in [5, 5.41) is 7.83. The first-order valence-electron chi connectivity index (χ1n) is 11.6. The molecule has 2 aromatic carbocycles. The third-order valence-electron chi connectivity index (χ3n) is 6.05. The molecule has 0 aliphatic rings. The van der Waals surface area contributed by atoms with Crippen molar-refractivity contribution < 1.29 is 14.0 Å². The molecule has 3 heterocycles. The molecule has 0 radical (unpaired) electrons. The van der Waals surface area contributed by atoms with Crippen LogP contribution in [0.1, 0.15) is 28.6 Å². The molecule has 0 atom stereocenters. The first kappa shape index (κ1) is 22.3. The zero-order valence-corrected chi connectivity index (χ0v) is 19.4. The quantitative estimate of drug-likeness (QED) is 0.285. The van der Waals surface area contributed by atoms with Crippen molar-refractivity contribution in [1.82, 2.24) is 20.2 Å². The van der Waals surface area contributed by atoms with Crippen LogP contribution in [0.3, 0.4) is 0 Å². The molecule has 0 saturated carbocycles. The summed E-state index contributed by atoms with van der Waals surface area (Å²) in [6.07, 6.45) is 7.75. The van der Waals surface area contributed by atoms with Gasteiger partial charge in [-0.15, -0.1) is 0 Å². The first-order valence-corrected chi connectivity index (χ1v) is 11.6. The zero-order chi connectivity index (χ0) is 24.2. The Bertz CT molecular complexity index is 1520. The summed E-state index contributed by atoms with van der Waals surface area (Å²) in [5.41, 5.74) is 4.26. The first-order chi connectivity index (χ1) is 17.1. The van der Waals surface area contributed by atoms with Crippen molar-refractivity contribution in [3.8, 4) is 0 Å². The molecule has 5 aromatic rings. The third kappa shape index (κ3) is 4.61. The number of nitrogens with zero attached hydrogens (tertiary/aromatic N) is 1. The molecule has 0 aliphatic heterocycles. The van der Waals surface area contributed by atoms with E-state index in [1.807, 2.05) is 54.9 Å². The molecule has 0 aliphatic carbocycles. The molecule has 176 valence electrons. The number of hydrogen-bond donors (Lipinski definition) is 3. The van der Waals surface area contributed by atoms with E-state index in [1.165, 1.54) is 6.26 Å². The molecule has 2 amide bonds. The molecule has 0 spiro atoms. The number of aromatic amines is 1. The normalized spacial score (nSPS) is 11.7. The number of carbonyl (C=O) groups excluding carboxylic acids is 2. The minimum atomic E-state index is -0.479. The van der Waals surface area contributed by atoms with Crippen LogP contribution in [0.5, 0.6) is 0 Å². The Morgan fingerprint density at radius 2 is 1.83 bits per heavy atom. The van der Waals surface area contributed by atoms with Crippen LogP contribution in [-0.4, -0.2) is 27.9 Å². The predicted octanol–water partition coefficient (Wildman–Crippen LogP) is 4.87. The topological polar surface area (TPSA) is 92.1 Å². The molecule has 3 aromatic heterocycles. The Morgan fingerprint density at radius 1 is 1.03 bits per heavy atom. The fourth-order valence-electron chi connectivity index (χ4n) is 4.30. The number of fused-ring (bicyclic) bond motifs is 2. The maximum absolute atomic E-state index is 13.2. The van der Waals surface area contributed by atoms with Crippen LogP contribution in [0.25, 0.3) is 27.9 Å². The zero-order valence-electron chi connectivity index (χ0n) is 19.4. The van der Waals surface area contributed by atoms with Crippen LogP contribution in [0.2, 0.25) is 0 Å². The highest BCUT2D eigenvalue weighted by Crippen LogP contribution is 2.23. The fourth-order valence-corrected chi connectivity index (χ4v) is 4.30. The molecule has 7 nitrogen and oxygen atoms in total. The van der Waals surface area contributed by atoms with Gasteiger partial charge in [0, 0.05) is 52.9 Å². The van der Waals surface area contributed by atoms with E-state index in [4.69, 9.17) is 4.42 Å². The summed E-state index contributed by atoms with van der Waals surface area (Å²) in [6.45, 7) is 3.28. The second kappa shape index (κ2) is 9.77. The lowest BCUT2D eigenvalue weighted by molar-refractivity contribution is -0.117. The fraction of sp³-hybridized carbons (Fsp3) is 0.143. The number of aromatic nitrogens is 2. The van der Waals surface area contributed by atoms with E-state index in [9.17, 15) is 9.59 Å². The highest BCUT2D eigenvalue weighted by atomic mass is 16.3. The summed E-state index contributed by atoms with van der Waals surface area (Å²) in [4.78, 5) is 29.2. The van der Waals surface area contributed by atoms with Crippen LogP contribution in [-0.2, 0) is 17.8 Å². The van der Waals surface area contributed by atoms with E-state index < -0.39 is 5.91 Å². The van der Waals surface area contributed by atoms with Gasteiger partial charge >= 0.3 is 0 Å². The van der Waals surface area contributed by atoms with E-state index in [-0.39, 0.29) is 17.4 Å². The summed E-state index contributed by atoms with van der Waals surface area (Å²) >= 11 is 0. The van der Waals surface area contributed by atoms with E-state index in [0.29, 0.717) is 13.0 Å². The molecular weight excluding hydrogens is 440 g/mol. The number of para-hydroxylation sites is 2. The number of carbonyl (C=O) groups is 2. The lowest BCUT2D eigenvalue weighted by Crippen LogP contribution is -2.35. The molecule has 0 bridgehead atoms. The summed E-state index contributed by atoms with van der Waals surface area (Å²) in [7, 11) is 0. The van der Waals surface area contributed by atoms with Crippen molar-refractivity contribution in [1.29, 1.82) is 0 Å². The van der Waals surface area contributed by atoms with E-state index in [1.54, 1.807) is 18.2 Å². The van der Waals surface area contributed by atoms with Crippen molar-refractivity contribution in [3.63, 3.8) is 0 Å². The molecule has 35 heavy (non-hydrogen) atoms. The third-order valence-corrected chi connectivity index (χ3v) is 6.05. The Kier molecular flexibility index (Phi) is 6.22. The van der Waals surface area contributed by atoms with E-state index >= 15 is 0 Å². The molecule has 7 heteroatoms. The van der Waals surface area contributed by atoms with E-state index in [2.05, 4.69) is 33.2 Å². The van der Waals surface area contributed by atoms with Gasteiger partial charge in [0.2, 0.25) is 0 Å². The second-order valence-corrected chi connectivity index (χ2v) is 8.24. The Balaban J connectivity index is 1.40. The number of furan rings is 1. The Labute approximate surface area is 202 Å². The SMILES string of the molecule is CCn1cc(/C=C(\NC(=O)c2ccco2)C(=O)NCCc2c[nH]c3ccccc23)c2ccccc21. The summed E-state index contributed by atoms with van der Waals surface area (Å²) in [5.74, 6) is -0.705. The Hall–Kier alpha value is -4.52. The number of H-pyrrole nitrogens is 1. The van der Waals surface area contributed by atoms with Gasteiger partial charge in [-0.2, -0.15) is 0 Å². The van der Waals surface area contributed by atoms with Crippen molar-refractivity contribution in [2.45, 2.75) is 19.9 Å². The molecule has 0 fully saturated rings. The molecule has 0 unspecified atom stereocenters. The predicted molar refractivity (Wildman–Crippen MR) is 137 cm³/mol. The number of rotatable bonds is 8. The van der Waals surface area contributed by atoms with Gasteiger partial charge in [-0.05, 0) is 49.2 Å². The Morgan fingerprint density at radius 3 is 2.63 bits per heavy atom. The standard InChI is InChI=1S/C28H26N4O3/c1-2-32-18-20(22-9-4-6-11-25(22)32)16-24(31-28(34)26-12-7-15-35-26)27(33)29-14-13-19-17-30-23-10-5-3-8-21(19)23/h3-12,15-18,30H,2,13-14H2,1H3,(H,29,33)(H,31,34)/b24-16-. The van der Waals surface area contributed by atoms with Gasteiger partial charge < -0.3 is 24.6 Å². The van der Waals surface area contributed by atoms with Gasteiger partial charge in [0.15, 0.2) is 5.76 Å². The van der Waals surface area contributed by atoms with Gasteiger partial charge in [-0.25, -0.2) is 0 Å². The minimum Gasteiger partial charge on any atom is -0.459 e. The molecule has 0 saturated heterocycles. The molecular formula is C28H26N4O3. The monoisotopic (exact) mass is 466 g/mol. The number of benzene rings is 2. The second-order valence-electron chi connectivity index (χ2n) is 8.24. The number of hydrogen-bond acceptors (Lipinski definition) is 3. The lowest BCUT2D eigenvalue weighted by Gasteiger charge is -2.10. The van der Waals surface area contributed by atoms with Crippen LogP contribution < -0.4 is 10.6 Å². The maximum Gasteiger partial charge on any atom is 0.291 e. The number of amides is 2. The summed E-state index contributed by atoms with van der Waals surface area (Å²) < 4.78 is 7.32. The minimum absolute atomic E-state index is 0.137. The average molecular weight is 467 g/mol. The van der Waals surface area contributed by atoms with Crippen molar-refractivity contribution in [2.24, 2.45) is 0 Å². The number of aryl methyl sites for hydroxylation is 1. The lowest BCUT2D eigenvalue weighted by atomic mass is 10.1. The van der Waals surface area contributed by atoms with Crippen LogP contribution >= 0.6 is 0 Å². The van der Waals surface area contributed by atoms with E-state index in [0.717, 1.165) is 39.5 Å². The van der Waals surface area contributed by atoms with Crippen molar-refractivity contribution in [2.75, 3.05) is 6.54 Å². The van der Waals surface area contributed by atoms with Gasteiger partial charge in [0.25, 0.3) is 11.8 Å². The number of nitrogens with one attached hydrogen (secondary N) is 3. The molecule has 5 rings (SSSR count). The van der Waals surface area contributed by atoms with Gasteiger partial charge in [0.05, 0.1) is 6.26 Å². The largest absolute Gasteiger partial charge is 0.459 e. The van der Waals surface area contributed by atoms with Crippen LogP contribution in [0.15, 0.2) is 89.4 Å². The molecule has 3 N–H and O–H groups in total. The van der Waals surface area contributed by atoms with Crippen molar-refractivity contribution >= 4 is 39.7 Å². The highest BCUT2D eigenvalue weighted by Gasteiger charge is 2.17. The highest BCUT2D eigenvalue weighted by molar-refractivity contribution is 6.06. The maximum atomic E-state index is 13.2. The smallest absolute Gasteiger partial charge is 0.291 e. The van der Waals surface area contributed by atoms with Crippen LogP contribution in [0, 0.1) is 0 Å². The van der Waals surface area contributed by atoms with Gasteiger partial charge in [-0.1, -0.05) is 36.4 Å². The average Bonchev–Trinajstić information content (AvgIpc) is 3.63. The van der Waals surface area contributed by atoms with Crippen LogP contribution in [0.4, 0.5) is 0 Å². The van der Waals surface area contributed by atoms with Crippen molar-refractivity contribution in [3.05, 3.63) is 102 Å². The summed E-state index contributed by atoms with van der Waals surface area (Å²) in [6, 6.07) is 19.2. The van der Waals surface area contributed by atoms with Gasteiger partial charge in [0.1, 0.15) is 5.70 Å². The van der Waals surface area contributed by atoms with Gasteiger partial charge in [-0.3, -0.25) is 9.59 Å².